The van der Waals surface area contributed by atoms with Gasteiger partial charge in [-0.3, -0.25) is 9.69 Å². The van der Waals surface area contributed by atoms with Crippen molar-refractivity contribution in [3.05, 3.63) is 28.2 Å². The first kappa shape index (κ1) is 17.5. The van der Waals surface area contributed by atoms with E-state index < -0.39 is 23.2 Å². The molecule has 3 atom stereocenters. The number of carbonyl (C=O) groups is 1. The summed E-state index contributed by atoms with van der Waals surface area (Å²) in [6.45, 7) is 8.58. The Morgan fingerprint density at radius 3 is 2.48 bits per heavy atom. The van der Waals surface area contributed by atoms with E-state index in [9.17, 15) is 19.8 Å². The minimum Gasteiger partial charge on any atom is -0.503 e. The molecule has 1 aliphatic heterocycles. The van der Waals surface area contributed by atoms with Crippen LogP contribution < -0.4 is 5.43 Å². The molecule has 3 unspecified atom stereocenters. The van der Waals surface area contributed by atoms with E-state index in [1.807, 2.05) is 0 Å². The van der Waals surface area contributed by atoms with E-state index in [0.717, 1.165) is 13.1 Å². The second-order valence-electron chi connectivity index (χ2n) is 6.82. The van der Waals surface area contributed by atoms with Crippen molar-refractivity contribution < 1.29 is 15.0 Å². The Balaban J connectivity index is 2.34. The second-order valence-corrected chi connectivity index (χ2v) is 6.82. The number of piperidine rings is 1. The van der Waals surface area contributed by atoms with Crippen molar-refractivity contribution in [2.45, 2.75) is 46.2 Å². The zero-order chi connectivity index (χ0) is 17.1. The smallest absolute Gasteiger partial charge is 0.326 e. The van der Waals surface area contributed by atoms with Crippen molar-refractivity contribution in [1.29, 1.82) is 0 Å². The summed E-state index contributed by atoms with van der Waals surface area (Å²) < 4.78 is 1.53. The summed E-state index contributed by atoms with van der Waals surface area (Å²) in [4.78, 5) is 25.6. The van der Waals surface area contributed by atoms with Crippen molar-refractivity contribution in [3.8, 4) is 5.75 Å². The molecule has 0 radical (unpaired) electrons. The van der Waals surface area contributed by atoms with Crippen LogP contribution in [0.15, 0.2) is 17.1 Å². The average molecular weight is 322 g/mol. The molecule has 0 aromatic carbocycles. The Labute approximate surface area is 136 Å². The third-order valence-corrected chi connectivity index (χ3v) is 4.48. The number of aromatic nitrogens is 1. The van der Waals surface area contributed by atoms with Gasteiger partial charge in [0.25, 0.3) is 0 Å². The van der Waals surface area contributed by atoms with Gasteiger partial charge in [0.1, 0.15) is 6.04 Å². The van der Waals surface area contributed by atoms with Gasteiger partial charge in [0.05, 0.1) is 6.20 Å². The quantitative estimate of drug-likeness (QED) is 0.867. The fraction of sp³-hybridized carbons (Fsp3) is 0.647. The normalized spacial score (nSPS) is 23.6. The first-order chi connectivity index (χ1) is 10.8. The maximum atomic E-state index is 11.8. The van der Waals surface area contributed by atoms with Gasteiger partial charge in [-0.1, -0.05) is 20.8 Å². The van der Waals surface area contributed by atoms with E-state index in [2.05, 4.69) is 18.7 Å². The number of hydrogen-bond donors (Lipinski definition) is 2. The topological polar surface area (TPSA) is 82.8 Å². The lowest BCUT2D eigenvalue weighted by Gasteiger charge is -2.35. The zero-order valence-corrected chi connectivity index (χ0v) is 14.0. The lowest BCUT2D eigenvalue weighted by Crippen LogP contribution is -2.39. The second kappa shape index (κ2) is 7.17. The Morgan fingerprint density at radius 2 is 1.96 bits per heavy atom. The van der Waals surface area contributed by atoms with Crippen LogP contribution in [0.1, 0.15) is 45.3 Å². The van der Waals surface area contributed by atoms with E-state index in [-0.39, 0.29) is 0 Å². The molecule has 1 aliphatic rings. The van der Waals surface area contributed by atoms with Crippen LogP contribution >= 0.6 is 0 Å². The van der Waals surface area contributed by atoms with E-state index in [1.54, 1.807) is 6.92 Å². The summed E-state index contributed by atoms with van der Waals surface area (Å²) >= 11 is 0. The highest BCUT2D eigenvalue weighted by molar-refractivity contribution is 5.72. The Morgan fingerprint density at radius 1 is 1.35 bits per heavy atom. The molecule has 128 valence electrons. The largest absolute Gasteiger partial charge is 0.503 e. The van der Waals surface area contributed by atoms with Gasteiger partial charge >= 0.3 is 5.97 Å². The number of carboxylic acid groups (broad SMARTS) is 1. The van der Waals surface area contributed by atoms with Crippen LogP contribution in [0.25, 0.3) is 0 Å². The Bertz CT molecular complexity index is 616. The van der Waals surface area contributed by atoms with Crippen molar-refractivity contribution in [3.63, 3.8) is 0 Å². The maximum Gasteiger partial charge on any atom is 0.326 e. The molecule has 2 rings (SSSR count). The first-order valence-corrected chi connectivity index (χ1v) is 8.21. The van der Waals surface area contributed by atoms with Gasteiger partial charge in [-0.15, -0.1) is 0 Å². The highest BCUT2D eigenvalue weighted by atomic mass is 16.4. The molecular formula is C17H26N2O4. The van der Waals surface area contributed by atoms with E-state index in [4.69, 9.17) is 0 Å². The molecule has 0 bridgehead atoms. The highest BCUT2D eigenvalue weighted by Crippen LogP contribution is 2.24. The summed E-state index contributed by atoms with van der Waals surface area (Å²) in [5.74, 6) is -0.207. The monoisotopic (exact) mass is 322 g/mol. The fourth-order valence-corrected chi connectivity index (χ4v) is 3.64. The molecule has 6 nitrogen and oxygen atoms in total. The number of aromatic hydroxyl groups is 1. The number of pyridine rings is 1. The molecule has 1 aromatic heterocycles. The summed E-state index contributed by atoms with van der Waals surface area (Å²) in [5, 5.41) is 19.1. The molecule has 1 saturated heterocycles. The van der Waals surface area contributed by atoms with E-state index in [0.29, 0.717) is 30.5 Å². The predicted molar refractivity (Wildman–Crippen MR) is 87.6 cm³/mol. The van der Waals surface area contributed by atoms with Crippen LogP contribution in [-0.4, -0.2) is 38.7 Å². The third kappa shape index (κ3) is 4.13. The van der Waals surface area contributed by atoms with E-state index in [1.165, 1.54) is 23.3 Å². The molecular weight excluding hydrogens is 296 g/mol. The standard InChI is InChI=1S/C17H26N2O4/c1-4-14(17(22)23)19-10-16(21)15(20)6-13(19)9-18-7-11(2)5-12(3)8-18/h6,10-12,14,21H,4-5,7-9H2,1-3H3,(H,22,23). The number of aliphatic carboxylic acids is 1. The van der Waals surface area contributed by atoms with Crippen LogP contribution in [0.4, 0.5) is 0 Å². The number of likely N-dealkylation sites (tertiary alicyclic amines) is 1. The summed E-state index contributed by atoms with van der Waals surface area (Å²) in [6.07, 6.45) is 2.83. The third-order valence-electron chi connectivity index (χ3n) is 4.48. The molecule has 0 amide bonds. The minimum absolute atomic E-state index is 0.386. The molecule has 0 aliphatic carbocycles. The molecule has 2 heterocycles. The van der Waals surface area contributed by atoms with Gasteiger partial charge in [-0.2, -0.15) is 0 Å². The Hall–Kier alpha value is -1.82. The van der Waals surface area contributed by atoms with Crippen LogP contribution in [0, 0.1) is 11.8 Å². The number of hydrogen-bond acceptors (Lipinski definition) is 4. The van der Waals surface area contributed by atoms with Gasteiger partial charge in [0.2, 0.25) is 5.43 Å². The van der Waals surface area contributed by atoms with Gasteiger partial charge in [-0.05, 0) is 24.7 Å². The van der Waals surface area contributed by atoms with Crippen molar-refractivity contribution >= 4 is 5.97 Å². The summed E-state index contributed by atoms with van der Waals surface area (Å²) in [6, 6.07) is 0.585. The van der Waals surface area contributed by atoms with Gasteiger partial charge in [0.15, 0.2) is 5.75 Å². The molecule has 6 heteroatoms. The average Bonchev–Trinajstić information content (AvgIpc) is 2.43. The molecule has 1 aromatic rings. The van der Waals surface area contributed by atoms with Crippen molar-refractivity contribution in [2.24, 2.45) is 11.8 Å². The van der Waals surface area contributed by atoms with Gasteiger partial charge < -0.3 is 14.8 Å². The molecule has 1 fully saturated rings. The first-order valence-electron chi connectivity index (χ1n) is 8.21. The Kier molecular flexibility index (Phi) is 5.46. The molecule has 0 spiro atoms. The lowest BCUT2D eigenvalue weighted by molar-refractivity contribution is -0.141. The van der Waals surface area contributed by atoms with Gasteiger partial charge in [0, 0.05) is 31.4 Å². The van der Waals surface area contributed by atoms with Crippen LogP contribution in [0.3, 0.4) is 0 Å². The van der Waals surface area contributed by atoms with Crippen molar-refractivity contribution in [2.75, 3.05) is 13.1 Å². The fourth-order valence-electron chi connectivity index (χ4n) is 3.64. The van der Waals surface area contributed by atoms with E-state index >= 15 is 0 Å². The zero-order valence-electron chi connectivity index (χ0n) is 14.0. The van der Waals surface area contributed by atoms with Crippen LogP contribution in [-0.2, 0) is 11.3 Å². The number of nitrogens with zero attached hydrogens (tertiary/aromatic N) is 2. The maximum absolute atomic E-state index is 11.8. The minimum atomic E-state index is -0.961. The number of rotatable bonds is 5. The van der Waals surface area contributed by atoms with Crippen molar-refractivity contribution in [1.82, 2.24) is 9.47 Å². The summed E-state index contributed by atoms with van der Waals surface area (Å²) in [7, 11) is 0. The SMILES string of the molecule is CCC(C(=O)O)n1cc(O)c(=O)cc1CN1CC(C)CC(C)C1. The van der Waals surface area contributed by atoms with Gasteiger partial charge in [-0.25, -0.2) is 4.79 Å². The number of carboxylic acids is 1. The lowest BCUT2D eigenvalue weighted by atomic mass is 9.92. The highest BCUT2D eigenvalue weighted by Gasteiger charge is 2.25. The molecule has 2 N–H and O–H groups in total. The molecule has 0 saturated carbocycles. The van der Waals surface area contributed by atoms with Crippen LogP contribution in [0.5, 0.6) is 5.75 Å². The molecule has 23 heavy (non-hydrogen) atoms. The predicted octanol–water partition coefficient (Wildman–Crippen LogP) is 2.07. The summed E-state index contributed by atoms with van der Waals surface area (Å²) in [5.41, 5.74) is 0.179. The van der Waals surface area contributed by atoms with Crippen LogP contribution in [0.2, 0.25) is 0 Å².